The Bertz CT molecular complexity index is 1390. The van der Waals surface area contributed by atoms with Crippen molar-refractivity contribution < 1.29 is 24.2 Å². The van der Waals surface area contributed by atoms with Crippen LogP contribution in [0.4, 0.5) is 5.82 Å². The van der Waals surface area contributed by atoms with E-state index in [9.17, 15) is 14.7 Å². The van der Waals surface area contributed by atoms with Crippen LogP contribution in [0, 0.1) is 0 Å². The smallest absolute Gasteiger partial charge is 0.259 e. The first kappa shape index (κ1) is 26.9. The Hall–Kier alpha value is -4.17. The molecule has 1 saturated heterocycles. The standard InChI is InChI=1S/C22H25ClN10O5/c1-25-21(36)18-15(30-31-24)17(35)22(38-18)33-10-29-16-19(27-9-28-20(16)33)26-7-11-6-12(23)4-5-13(11)37-8-14(34)32(2)3/h4-6,9-10,15,17-18,22,35H,7-8H2,1-3H3,(H,25,36)(H,26,27,28)/t15-,17+,18-,22+/m0/s1. The summed E-state index contributed by atoms with van der Waals surface area (Å²) in [6.45, 7) is 0.0900. The summed E-state index contributed by atoms with van der Waals surface area (Å²) in [5.41, 5.74) is 10.2. The largest absolute Gasteiger partial charge is 0.483 e. The number of benzene rings is 1. The quantitative estimate of drug-likeness (QED) is 0.202. The Morgan fingerprint density at radius 2 is 2.13 bits per heavy atom. The van der Waals surface area contributed by atoms with Crippen LogP contribution >= 0.6 is 11.6 Å². The van der Waals surface area contributed by atoms with Gasteiger partial charge < -0.3 is 30.1 Å². The third kappa shape index (κ3) is 5.40. The van der Waals surface area contributed by atoms with Crippen LogP contribution in [0.25, 0.3) is 21.6 Å². The maximum atomic E-state index is 12.2. The minimum absolute atomic E-state index is 0.138. The lowest BCUT2D eigenvalue weighted by molar-refractivity contribution is -0.134. The van der Waals surface area contributed by atoms with Crippen molar-refractivity contribution in [3.8, 4) is 5.75 Å². The van der Waals surface area contributed by atoms with Gasteiger partial charge in [0.15, 0.2) is 29.8 Å². The number of fused-ring (bicyclic) bond motifs is 1. The summed E-state index contributed by atoms with van der Waals surface area (Å²) < 4.78 is 12.9. The molecule has 200 valence electrons. The Balaban J connectivity index is 1.57. The summed E-state index contributed by atoms with van der Waals surface area (Å²) >= 11 is 6.18. The topological polar surface area (TPSA) is 192 Å². The van der Waals surface area contributed by atoms with Gasteiger partial charge in [-0.25, -0.2) is 15.0 Å². The van der Waals surface area contributed by atoms with Gasteiger partial charge in [0.1, 0.15) is 30.3 Å². The van der Waals surface area contributed by atoms with E-state index in [2.05, 4.69) is 35.6 Å². The molecule has 4 atom stereocenters. The second-order valence-electron chi connectivity index (χ2n) is 8.48. The average molecular weight is 545 g/mol. The molecule has 1 aromatic carbocycles. The Morgan fingerprint density at radius 3 is 2.84 bits per heavy atom. The molecule has 1 fully saturated rings. The zero-order valence-electron chi connectivity index (χ0n) is 20.6. The first-order chi connectivity index (χ1) is 18.2. The number of carbonyl (C=O) groups is 2. The number of imidazole rings is 1. The zero-order chi connectivity index (χ0) is 27.4. The van der Waals surface area contributed by atoms with Crippen LogP contribution in [-0.4, -0.2) is 87.3 Å². The highest BCUT2D eigenvalue weighted by molar-refractivity contribution is 6.30. The molecule has 2 amide bonds. The Kier molecular flexibility index (Phi) is 8.12. The van der Waals surface area contributed by atoms with Crippen molar-refractivity contribution in [3.63, 3.8) is 0 Å². The van der Waals surface area contributed by atoms with Gasteiger partial charge in [-0.15, -0.1) is 0 Å². The normalized spacial score (nSPS) is 20.6. The van der Waals surface area contributed by atoms with Crippen molar-refractivity contribution in [2.45, 2.75) is 31.0 Å². The molecule has 3 N–H and O–H groups in total. The van der Waals surface area contributed by atoms with Crippen molar-refractivity contribution in [3.05, 3.63) is 51.9 Å². The molecule has 1 aliphatic heterocycles. The molecule has 0 spiro atoms. The fourth-order valence-corrected chi connectivity index (χ4v) is 4.07. The lowest BCUT2D eigenvalue weighted by Gasteiger charge is -2.17. The van der Waals surface area contributed by atoms with Gasteiger partial charge in [-0.1, -0.05) is 16.7 Å². The number of hydrogen-bond donors (Lipinski definition) is 3. The highest BCUT2D eigenvalue weighted by Crippen LogP contribution is 2.34. The molecule has 0 unspecified atom stereocenters. The van der Waals surface area contributed by atoms with Gasteiger partial charge in [-0.3, -0.25) is 14.2 Å². The average Bonchev–Trinajstić information content (AvgIpc) is 3.47. The van der Waals surface area contributed by atoms with Crippen LogP contribution in [-0.2, 0) is 20.9 Å². The predicted octanol–water partition coefficient (Wildman–Crippen LogP) is 1.24. The van der Waals surface area contributed by atoms with Crippen molar-refractivity contribution in [1.29, 1.82) is 0 Å². The highest BCUT2D eigenvalue weighted by Gasteiger charge is 2.48. The molecule has 0 aliphatic carbocycles. The van der Waals surface area contributed by atoms with E-state index in [0.29, 0.717) is 33.3 Å². The van der Waals surface area contributed by atoms with E-state index in [-0.39, 0.29) is 19.1 Å². The zero-order valence-corrected chi connectivity index (χ0v) is 21.4. The number of carbonyl (C=O) groups excluding carboxylic acids is 2. The molecule has 15 nitrogen and oxygen atoms in total. The van der Waals surface area contributed by atoms with E-state index in [1.54, 1.807) is 32.3 Å². The molecule has 4 rings (SSSR count). The summed E-state index contributed by atoms with van der Waals surface area (Å²) in [5.74, 6) is 0.0995. The molecular weight excluding hydrogens is 520 g/mol. The number of rotatable bonds is 9. The highest BCUT2D eigenvalue weighted by atomic mass is 35.5. The Labute approximate surface area is 221 Å². The summed E-state index contributed by atoms with van der Waals surface area (Å²) in [4.78, 5) is 41.2. The third-order valence-corrected chi connectivity index (χ3v) is 6.11. The predicted molar refractivity (Wildman–Crippen MR) is 135 cm³/mol. The molecule has 0 radical (unpaired) electrons. The summed E-state index contributed by atoms with van der Waals surface area (Å²) in [6.07, 6.45) is -0.946. The molecular formula is C22H25ClN10O5. The molecule has 0 bridgehead atoms. The number of ether oxygens (including phenoxy) is 2. The first-order valence-electron chi connectivity index (χ1n) is 11.4. The molecule has 3 heterocycles. The van der Waals surface area contributed by atoms with Gasteiger partial charge in [0, 0.05) is 43.2 Å². The molecule has 2 aromatic heterocycles. The lowest BCUT2D eigenvalue weighted by Crippen LogP contribution is -2.40. The van der Waals surface area contributed by atoms with E-state index in [4.69, 9.17) is 26.6 Å². The van der Waals surface area contributed by atoms with Crippen molar-refractivity contribution in [1.82, 2.24) is 29.7 Å². The number of anilines is 1. The van der Waals surface area contributed by atoms with Crippen LogP contribution < -0.4 is 15.4 Å². The van der Waals surface area contributed by atoms with E-state index in [1.807, 2.05) is 0 Å². The number of aromatic nitrogens is 4. The number of hydrogen-bond acceptors (Lipinski definition) is 10. The number of azide groups is 1. The molecule has 16 heteroatoms. The minimum Gasteiger partial charge on any atom is -0.483 e. The maximum absolute atomic E-state index is 12.2. The van der Waals surface area contributed by atoms with Crippen LogP contribution in [0.1, 0.15) is 11.8 Å². The van der Waals surface area contributed by atoms with Crippen molar-refractivity contribution >= 4 is 40.4 Å². The molecule has 0 saturated carbocycles. The fraction of sp³-hybridized carbons (Fsp3) is 0.409. The fourth-order valence-electron chi connectivity index (χ4n) is 3.88. The van der Waals surface area contributed by atoms with Crippen molar-refractivity contribution in [2.75, 3.05) is 33.1 Å². The second kappa shape index (κ2) is 11.5. The third-order valence-electron chi connectivity index (χ3n) is 5.88. The molecule has 3 aromatic rings. The number of aliphatic hydroxyl groups is 1. The van der Waals surface area contributed by atoms with Crippen LogP contribution in [0.2, 0.25) is 5.02 Å². The summed E-state index contributed by atoms with van der Waals surface area (Å²) in [6, 6.07) is 3.89. The number of halogens is 1. The van der Waals surface area contributed by atoms with Gasteiger partial charge in [0.05, 0.1) is 6.33 Å². The number of nitrogens with one attached hydrogen (secondary N) is 2. The first-order valence-corrected chi connectivity index (χ1v) is 11.7. The Morgan fingerprint density at radius 1 is 1.34 bits per heavy atom. The van der Waals surface area contributed by atoms with Crippen molar-refractivity contribution in [2.24, 2.45) is 5.11 Å². The lowest BCUT2D eigenvalue weighted by atomic mass is 10.1. The molecule has 38 heavy (non-hydrogen) atoms. The monoisotopic (exact) mass is 544 g/mol. The second-order valence-corrected chi connectivity index (χ2v) is 8.91. The van der Waals surface area contributed by atoms with E-state index < -0.39 is 30.4 Å². The van der Waals surface area contributed by atoms with E-state index in [0.717, 1.165) is 0 Å². The SMILES string of the molecule is CNC(=O)[C@H]1O[C@@H](n2cnc3c(NCc4cc(Cl)ccc4OCC(=O)N(C)C)ncnc32)[C@H](O)[C@@H]1N=[N+]=[N-]. The van der Waals surface area contributed by atoms with Gasteiger partial charge >= 0.3 is 0 Å². The minimum atomic E-state index is -1.34. The number of likely N-dealkylation sites (N-methyl/N-ethyl adjacent to an activating group) is 2. The number of aliphatic hydroxyl groups excluding tert-OH is 1. The van der Waals surface area contributed by atoms with Gasteiger partial charge in [-0.05, 0) is 23.7 Å². The summed E-state index contributed by atoms with van der Waals surface area (Å²) in [7, 11) is 4.69. The van der Waals surface area contributed by atoms with Crippen LogP contribution in [0.3, 0.4) is 0 Å². The van der Waals surface area contributed by atoms with E-state index in [1.165, 1.54) is 29.2 Å². The number of amides is 2. The van der Waals surface area contributed by atoms with Gasteiger partial charge in [0.2, 0.25) is 5.91 Å². The van der Waals surface area contributed by atoms with Crippen LogP contribution in [0.15, 0.2) is 36.0 Å². The number of nitrogens with zero attached hydrogens (tertiary/aromatic N) is 8. The van der Waals surface area contributed by atoms with Crippen LogP contribution in [0.5, 0.6) is 5.75 Å². The van der Waals surface area contributed by atoms with Gasteiger partial charge in [0.25, 0.3) is 5.91 Å². The van der Waals surface area contributed by atoms with Gasteiger partial charge in [-0.2, -0.15) is 0 Å². The maximum Gasteiger partial charge on any atom is 0.259 e. The summed E-state index contributed by atoms with van der Waals surface area (Å²) in [5, 5.41) is 20.4. The molecule has 1 aliphatic rings. The van der Waals surface area contributed by atoms with E-state index >= 15 is 0 Å².